The summed E-state index contributed by atoms with van der Waals surface area (Å²) in [6, 6.07) is 3.93. The minimum absolute atomic E-state index is 0. The van der Waals surface area contributed by atoms with Crippen LogP contribution in [0, 0.1) is 0 Å². The molecule has 0 saturated carbocycles. The van der Waals surface area contributed by atoms with Crippen molar-refractivity contribution in [3.63, 3.8) is 0 Å². The van der Waals surface area contributed by atoms with Crippen molar-refractivity contribution < 1.29 is 13.7 Å². The highest BCUT2D eigenvalue weighted by Crippen LogP contribution is 2.17. The van der Waals surface area contributed by atoms with E-state index in [1.807, 2.05) is 11.9 Å². The van der Waals surface area contributed by atoms with E-state index in [0.29, 0.717) is 36.4 Å². The van der Waals surface area contributed by atoms with Crippen molar-refractivity contribution in [2.45, 2.75) is 31.7 Å². The first-order valence-electron chi connectivity index (χ1n) is 7.58. The largest absolute Gasteiger partial charge is 0.461 e. The third-order valence-electron chi connectivity index (χ3n) is 3.94. The Morgan fingerprint density at radius 2 is 2.39 bits per heavy atom. The lowest BCUT2D eigenvalue weighted by Crippen LogP contribution is -2.47. The SMILES string of the molecule is CNC1CCCN(C(=O)CCc2nc(-c3ccco3)no2)C1.Cl. The van der Waals surface area contributed by atoms with Gasteiger partial charge in [-0.3, -0.25) is 4.79 Å². The lowest BCUT2D eigenvalue weighted by molar-refractivity contribution is -0.132. The lowest BCUT2D eigenvalue weighted by Gasteiger charge is -2.32. The molecule has 2 aromatic rings. The molecule has 3 heterocycles. The lowest BCUT2D eigenvalue weighted by atomic mass is 10.1. The minimum atomic E-state index is 0. The number of halogens is 1. The molecule has 1 fully saturated rings. The molecule has 2 aromatic heterocycles. The van der Waals surface area contributed by atoms with Gasteiger partial charge in [-0.1, -0.05) is 5.16 Å². The van der Waals surface area contributed by atoms with Crippen LogP contribution in [0.4, 0.5) is 0 Å². The second-order valence-electron chi connectivity index (χ2n) is 5.46. The van der Waals surface area contributed by atoms with E-state index in [9.17, 15) is 4.79 Å². The molecule has 1 amide bonds. The van der Waals surface area contributed by atoms with Crippen molar-refractivity contribution in [3.05, 3.63) is 24.3 Å². The van der Waals surface area contributed by atoms with Gasteiger partial charge >= 0.3 is 0 Å². The van der Waals surface area contributed by atoms with Crippen LogP contribution < -0.4 is 5.32 Å². The first-order valence-corrected chi connectivity index (χ1v) is 7.58. The summed E-state index contributed by atoms with van der Waals surface area (Å²) in [5.74, 6) is 1.58. The summed E-state index contributed by atoms with van der Waals surface area (Å²) in [5.41, 5.74) is 0. The molecule has 8 heteroatoms. The molecule has 1 N–H and O–H groups in total. The summed E-state index contributed by atoms with van der Waals surface area (Å²) in [4.78, 5) is 18.4. The van der Waals surface area contributed by atoms with E-state index in [1.165, 1.54) is 0 Å². The molecule has 1 aliphatic rings. The number of furan rings is 1. The summed E-state index contributed by atoms with van der Waals surface area (Å²) < 4.78 is 10.4. The van der Waals surface area contributed by atoms with Gasteiger partial charge in [0, 0.05) is 32.0 Å². The number of rotatable bonds is 5. The normalized spacial score (nSPS) is 17.8. The Morgan fingerprint density at radius 3 is 3.13 bits per heavy atom. The van der Waals surface area contributed by atoms with Gasteiger partial charge in [0.2, 0.25) is 17.6 Å². The highest BCUT2D eigenvalue weighted by molar-refractivity contribution is 5.85. The molecule has 0 aliphatic carbocycles. The Morgan fingerprint density at radius 1 is 1.52 bits per heavy atom. The van der Waals surface area contributed by atoms with Crippen molar-refractivity contribution in [3.8, 4) is 11.6 Å². The molecule has 0 bridgehead atoms. The first kappa shape index (κ1) is 17.5. The van der Waals surface area contributed by atoms with Gasteiger partial charge in [-0.05, 0) is 32.0 Å². The third-order valence-corrected chi connectivity index (χ3v) is 3.94. The van der Waals surface area contributed by atoms with Crippen LogP contribution in [0.3, 0.4) is 0 Å². The molecule has 0 radical (unpaired) electrons. The monoisotopic (exact) mass is 340 g/mol. The van der Waals surface area contributed by atoms with E-state index in [2.05, 4.69) is 15.5 Å². The number of aromatic nitrogens is 2. The number of hydrogen-bond acceptors (Lipinski definition) is 6. The van der Waals surface area contributed by atoms with Crippen LogP contribution in [0.2, 0.25) is 0 Å². The zero-order valence-corrected chi connectivity index (χ0v) is 13.8. The zero-order valence-electron chi connectivity index (χ0n) is 13.0. The van der Waals surface area contributed by atoms with Gasteiger partial charge in [0.25, 0.3) is 0 Å². The average molecular weight is 341 g/mol. The smallest absolute Gasteiger partial charge is 0.238 e. The Kier molecular flexibility index (Phi) is 6.18. The fourth-order valence-electron chi connectivity index (χ4n) is 2.67. The Bertz CT molecular complexity index is 614. The number of carbonyl (C=O) groups is 1. The third kappa shape index (κ3) is 4.33. The van der Waals surface area contributed by atoms with Crippen LogP contribution in [0.5, 0.6) is 0 Å². The number of nitrogens with one attached hydrogen (secondary N) is 1. The quantitative estimate of drug-likeness (QED) is 0.894. The number of piperidine rings is 1. The van der Waals surface area contributed by atoms with Gasteiger partial charge in [0.1, 0.15) is 0 Å². The molecule has 0 spiro atoms. The highest BCUT2D eigenvalue weighted by Gasteiger charge is 2.22. The molecule has 0 aromatic carbocycles. The summed E-state index contributed by atoms with van der Waals surface area (Å²) in [5, 5.41) is 7.10. The van der Waals surface area contributed by atoms with E-state index in [0.717, 1.165) is 25.9 Å². The van der Waals surface area contributed by atoms with Crippen LogP contribution >= 0.6 is 12.4 Å². The van der Waals surface area contributed by atoms with Gasteiger partial charge in [0.05, 0.1) is 6.26 Å². The number of aryl methyl sites for hydroxylation is 1. The predicted octanol–water partition coefficient (Wildman–Crippen LogP) is 1.89. The van der Waals surface area contributed by atoms with Gasteiger partial charge in [-0.2, -0.15) is 4.98 Å². The predicted molar refractivity (Wildman–Crippen MR) is 86.2 cm³/mol. The van der Waals surface area contributed by atoms with Crippen molar-refractivity contribution in [1.29, 1.82) is 0 Å². The van der Waals surface area contributed by atoms with Crippen molar-refractivity contribution in [1.82, 2.24) is 20.4 Å². The fourth-order valence-corrected chi connectivity index (χ4v) is 2.67. The maximum absolute atomic E-state index is 12.3. The van der Waals surface area contributed by atoms with Crippen LogP contribution in [-0.4, -0.2) is 47.1 Å². The fraction of sp³-hybridized carbons (Fsp3) is 0.533. The highest BCUT2D eigenvalue weighted by atomic mass is 35.5. The molecule has 7 nitrogen and oxygen atoms in total. The number of likely N-dealkylation sites (tertiary alicyclic amines) is 1. The van der Waals surface area contributed by atoms with Crippen molar-refractivity contribution in [2.24, 2.45) is 0 Å². The van der Waals surface area contributed by atoms with Crippen LogP contribution in [0.1, 0.15) is 25.2 Å². The van der Waals surface area contributed by atoms with E-state index in [1.54, 1.807) is 18.4 Å². The standard InChI is InChI=1S/C15H20N4O3.ClH/c1-16-11-4-2-8-19(10-11)14(20)7-6-13-17-15(18-22-13)12-5-3-9-21-12;/h3,5,9,11,16H,2,4,6-8,10H2,1H3;1H. The van der Waals surface area contributed by atoms with E-state index >= 15 is 0 Å². The van der Waals surface area contributed by atoms with Crippen LogP contribution in [-0.2, 0) is 11.2 Å². The Balaban J connectivity index is 0.00000192. The second kappa shape index (κ2) is 8.12. The summed E-state index contributed by atoms with van der Waals surface area (Å²) in [6.45, 7) is 1.61. The maximum Gasteiger partial charge on any atom is 0.238 e. The van der Waals surface area contributed by atoms with E-state index in [-0.39, 0.29) is 18.3 Å². The molecular weight excluding hydrogens is 320 g/mol. The Labute approximate surface area is 140 Å². The van der Waals surface area contributed by atoms with Crippen molar-refractivity contribution in [2.75, 3.05) is 20.1 Å². The number of nitrogens with zero attached hydrogens (tertiary/aromatic N) is 3. The molecule has 1 atom stereocenters. The number of hydrogen-bond donors (Lipinski definition) is 1. The Hall–Kier alpha value is -1.86. The summed E-state index contributed by atoms with van der Waals surface area (Å²) in [6.07, 6.45) is 4.56. The molecule has 1 saturated heterocycles. The van der Waals surface area contributed by atoms with Gasteiger partial charge in [-0.15, -0.1) is 12.4 Å². The maximum atomic E-state index is 12.3. The number of likely N-dealkylation sites (N-methyl/N-ethyl adjacent to an activating group) is 1. The molecule has 3 rings (SSSR count). The number of amides is 1. The second-order valence-corrected chi connectivity index (χ2v) is 5.46. The summed E-state index contributed by atoms with van der Waals surface area (Å²) >= 11 is 0. The zero-order chi connectivity index (χ0) is 15.4. The molecule has 1 unspecified atom stereocenters. The molecule has 23 heavy (non-hydrogen) atoms. The molecule has 1 aliphatic heterocycles. The first-order chi connectivity index (χ1) is 10.8. The van der Waals surface area contributed by atoms with Gasteiger partial charge < -0.3 is 19.2 Å². The van der Waals surface area contributed by atoms with Crippen LogP contribution in [0.15, 0.2) is 27.3 Å². The van der Waals surface area contributed by atoms with Gasteiger partial charge in [0.15, 0.2) is 5.76 Å². The minimum Gasteiger partial charge on any atom is -0.461 e. The van der Waals surface area contributed by atoms with E-state index < -0.39 is 0 Å². The topological polar surface area (TPSA) is 84.4 Å². The van der Waals surface area contributed by atoms with Crippen LogP contribution in [0.25, 0.3) is 11.6 Å². The van der Waals surface area contributed by atoms with E-state index in [4.69, 9.17) is 8.94 Å². The number of carbonyl (C=O) groups excluding carboxylic acids is 1. The molecular formula is C15H21ClN4O3. The summed E-state index contributed by atoms with van der Waals surface area (Å²) in [7, 11) is 1.94. The van der Waals surface area contributed by atoms with Crippen molar-refractivity contribution >= 4 is 18.3 Å². The van der Waals surface area contributed by atoms with Gasteiger partial charge in [-0.25, -0.2) is 0 Å². The average Bonchev–Trinajstić information content (AvgIpc) is 3.23. The molecule has 126 valence electrons.